The molecular weight excluding hydrogens is 945 g/mol. The number of imide groups is 2. The van der Waals surface area contributed by atoms with Gasteiger partial charge < -0.3 is 33.8 Å². The molecule has 7 amide bonds. The number of amides is 7. The second-order valence-corrected chi connectivity index (χ2v) is 21.0. The van der Waals surface area contributed by atoms with Crippen molar-refractivity contribution in [1.82, 2.24) is 40.0 Å². The fourth-order valence-electron chi connectivity index (χ4n) is 10.9. The van der Waals surface area contributed by atoms with Gasteiger partial charge in [-0.05, 0) is 85.8 Å². The lowest BCUT2D eigenvalue weighted by Gasteiger charge is -2.36. The molecule has 4 aromatic rings. The predicted molar refractivity (Wildman–Crippen MR) is 270 cm³/mol. The first kappa shape index (κ1) is 50.4. The quantitative estimate of drug-likeness (QED) is 0.160. The van der Waals surface area contributed by atoms with E-state index in [1.54, 1.807) is 29.2 Å². The molecule has 6 aliphatic rings. The van der Waals surface area contributed by atoms with Crippen LogP contribution in [0.4, 0.5) is 4.79 Å². The zero-order valence-electron chi connectivity index (χ0n) is 42.4. The molecule has 0 bridgehead atoms. The van der Waals surface area contributed by atoms with E-state index in [1.807, 2.05) is 38.1 Å². The summed E-state index contributed by atoms with van der Waals surface area (Å²) in [6.07, 6.45) is 1.04. The molecule has 388 valence electrons. The fraction of sp³-hybridized carbons (Fsp3) is 0.446. The Kier molecular flexibility index (Phi) is 14.5. The summed E-state index contributed by atoms with van der Waals surface area (Å²) in [5.41, 5.74) is 6.77. The monoisotopic (exact) mass is 1010 g/mol. The predicted octanol–water partition coefficient (Wildman–Crippen LogP) is 4.39. The van der Waals surface area contributed by atoms with Gasteiger partial charge in [-0.15, -0.1) is 0 Å². The Morgan fingerprint density at radius 2 is 1.09 bits per heavy atom. The Morgan fingerprint density at radius 1 is 0.595 bits per heavy atom. The lowest BCUT2D eigenvalue weighted by Crippen LogP contribution is -2.52. The van der Waals surface area contributed by atoms with Crippen molar-refractivity contribution in [3.8, 4) is 11.5 Å². The smallest absolute Gasteiger partial charge is 0.410 e. The Balaban J connectivity index is 0.729. The minimum Gasteiger partial charge on any atom is -0.489 e. The zero-order chi connectivity index (χ0) is 51.7. The first-order chi connectivity index (χ1) is 35.6. The molecule has 6 heterocycles. The first-order valence-corrected chi connectivity index (χ1v) is 25.7. The van der Waals surface area contributed by atoms with Crippen LogP contribution < -0.4 is 20.1 Å². The summed E-state index contributed by atoms with van der Waals surface area (Å²) in [6, 6.07) is 23.9. The summed E-state index contributed by atoms with van der Waals surface area (Å²) < 4.78 is 19.1. The summed E-state index contributed by atoms with van der Waals surface area (Å²) in [7, 11) is 2.14. The first-order valence-electron chi connectivity index (χ1n) is 25.7. The number of nitrogens with zero attached hydrogens (tertiary/aromatic N) is 6. The van der Waals surface area contributed by atoms with Crippen LogP contribution in [0.3, 0.4) is 0 Å². The maximum absolute atomic E-state index is 13.8. The van der Waals surface area contributed by atoms with Gasteiger partial charge >= 0.3 is 6.09 Å². The van der Waals surface area contributed by atoms with E-state index >= 15 is 0 Å². The topological polar surface area (TPSA) is 191 Å². The molecular formula is C56H64N8O10. The Morgan fingerprint density at radius 3 is 1.65 bits per heavy atom. The molecule has 4 saturated heterocycles. The van der Waals surface area contributed by atoms with Crippen molar-refractivity contribution in [3.05, 3.63) is 129 Å². The highest BCUT2D eigenvalue weighted by molar-refractivity contribution is 6.06. The Hall–Kier alpha value is -7.15. The van der Waals surface area contributed by atoms with Gasteiger partial charge in [-0.3, -0.25) is 49.2 Å². The molecule has 2 N–H and O–H groups in total. The van der Waals surface area contributed by atoms with E-state index in [-0.39, 0.29) is 68.7 Å². The van der Waals surface area contributed by atoms with Crippen LogP contribution in [0, 0.1) is 0 Å². The van der Waals surface area contributed by atoms with Crippen LogP contribution in [-0.4, -0.2) is 148 Å². The molecule has 0 aliphatic carbocycles. The number of carbonyl (C=O) groups is 7. The van der Waals surface area contributed by atoms with Crippen molar-refractivity contribution in [2.24, 2.45) is 0 Å². The molecule has 4 fully saturated rings. The van der Waals surface area contributed by atoms with Crippen molar-refractivity contribution in [3.63, 3.8) is 0 Å². The van der Waals surface area contributed by atoms with Crippen LogP contribution in [0.1, 0.15) is 99.2 Å². The Bertz CT molecular complexity index is 2850. The van der Waals surface area contributed by atoms with Crippen LogP contribution in [-0.2, 0) is 69.7 Å². The average Bonchev–Trinajstić information content (AvgIpc) is 3.90. The van der Waals surface area contributed by atoms with Gasteiger partial charge in [0.05, 0.1) is 13.1 Å². The van der Waals surface area contributed by atoms with Gasteiger partial charge in [-0.1, -0.05) is 54.6 Å². The molecule has 2 atom stereocenters. The number of piperazine rings is 2. The summed E-state index contributed by atoms with van der Waals surface area (Å²) in [4.78, 5) is 101. The van der Waals surface area contributed by atoms with E-state index in [0.717, 1.165) is 72.6 Å². The van der Waals surface area contributed by atoms with E-state index in [1.165, 1.54) is 9.80 Å². The number of carbonyl (C=O) groups excluding carboxylic acids is 7. The number of hydrogen-bond donors (Lipinski definition) is 2. The van der Waals surface area contributed by atoms with Crippen LogP contribution >= 0.6 is 0 Å². The highest BCUT2D eigenvalue weighted by atomic mass is 16.6. The number of nitrogens with one attached hydrogen (secondary N) is 2. The number of hydrogen-bond acceptors (Lipinski definition) is 13. The molecule has 2 unspecified atom stereocenters. The number of ether oxygens (including phenoxy) is 3. The molecule has 0 radical (unpaired) electrons. The average molecular weight is 1010 g/mol. The summed E-state index contributed by atoms with van der Waals surface area (Å²) in [6.45, 7) is 12.7. The maximum atomic E-state index is 13.8. The Labute approximate surface area is 430 Å². The van der Waals surface area contributed by atoms with Crippen molar-refractivity contribution < 1.29 is 47.8 Å². The lowest BCUT2D eigenvalue weighted by atomic mass is 9.93. The van der Waals surface area contributed by atoms with Gasteiger partial charge in [-0.25, -0.2) is 4.79 Å². The fourth-order valence-corrected chi connectivity index (χ4v) is 10.9. The van der Waals surface area contributed by atoms with Crippen molar-refractivity contribution in [2.75, 3.05) is 59.4 Å². The molecule has 6 aliphatic heterocycles. The number of rotatable bonds is 15. The van der Waals surface area contributed by atoms with Crippen molar-refractivity contribution in [1.29, 1.82) is 0 Å². The van der Waals surface area contributed by atoms with Gasteiger partial charge in [0, 0.05) is 107 Å². The normalized spacial score (nSPS) is 20.9. The highest BCUT2D eigenvalue weighted by Crippen LogP contribution is 2.36. The zero-order valence-corrected chi connectivity index (χ0v) is 42.4. The third-order valence-electron chi connectivity index (χ3n) is 15.2. The van der Waals surface area contributed by atoms with Crippen molar-refractivity contribution in [2.45, 2.75) is 103 Å². The summed E-state index contributed by atoms with van der Waals surface area (Å²) in [5.74, 6) is -0.914. The second kappa shape index (κ2) is 21.4. The van der Waals surface area contributed by atoms with Gasteiger partial charge in [0.25, 0.3) is 11.8 Å². The molecule has 4 aromatic carbocycles. The summed E-state index contributed by atoms with van der Waals surface area (Å²) in [5, 5.41) is 4.72. The van der Waals surface area contributed by atoms with Gasteiger partial charge in [0.2, 0.25) is 23.6 Å². The van der Waals surface area contributed by atoms with E-state index < -0.39 is 29.5 Å². The molecule has 18 heteroatoms. The second-order valence-electron chi connectivity index (χ2n) is 21.0. The lowest BCUT2D eigenvalue weighted by molar-refractivity contribution is -0.138. The van der Waals surface area contributed by atoms with Gasteiger partial charge in [-0.2, -0.15) is 0 Å². The summed E-state index contributed by atoms with van der Waals surface area (Å²) >= 11 is 0. The SMILES string of the molecule is CN1CCN(Cc2ccc(COc3cccc4c3CN(C3CCC(=O)NC3=O)C4=O)c(CC(C)(C)OC(=O)N3CCN(Cc4ccc(COc5cccc6c5CN(C5CCC(=O)NC5=O)C6=O)cc4)CC3)c2)CC1. The molecule has 10 rings (SSSR count). The largest absolute Gasteiger partial charge is 0.489 e. The third kappa shape index (κ3) is 11.2. The minimum absolute atomic E-state index is 0.177. The molecule has 0 saturated carbocycles. The van der Waals surface area contributed by atoms with Gasteiger partial charge in [0.15, 0.2) is 0 Å². The number of piperidine rings is 2. The molecule has 0 aromatic heterocycles. The van der Waals surface area contributed by atoms with Crippen LogP contribution in [0.25, 0.3) is 0 Å². The molecule has 0 spiro atoms. The third-order valence-corrected chi connectivity index (χ3v) is 15.2. The standard InChI is InChI=1S/C56H64N8O10/c1-56(2,29-40-28-38(31-60-22-20-59(3)21-23-60)14-15-39(40)35-73-48-9-5-7-42-44(48)33-64(54(42)70)46-17-19-50(66)58-52(46)68)74-55(71)62-26-24-61(25-27-62)30-36-10-12-37(13-11-36)34-72-47-8-4-6-41-43(47)32-63(53(41)69)45-16-18-49(65)57-51(45)67/h4-15,28,45-46H,16-27,29-35H2,1-3H3,(H,57,65,67)(H,58,66,68). The van der Waals surface area contributed by atoms with Crippen LogP contribution in [0.2, 0.25) is 0 Å². The molecule has 18 nitrogen and oxygen atoms in total. The van der Waals surface area contributed by atoms with E-state index in [2.05, 4.69) is 62.7 Å². The van der Waals surface area contributed by atoms with E-state index in [0.29, 0.717) is 73.8 Å². The highest BCUT2D eigenvalue weighted by Gasteiger charge is 2.42. The number of benzene rings is 4. The van der Waals surface area contributed by atoms with Crippen LogP contribution in [0.5, 0.6) is 11.5 Å². The minimum atomic E-state index is -0.863. The van der Waals surface area contributed by atoms with Crippen LogP contribution in [0.15, 0.2) is 78.9 Å². The van der Waals surface area contributed by atoms with Gasteiger partial charge in [0.1, 0.15) is 42.4 Å². The van der Waals surface area contributed by atoms with E-state index in [9.17, 15) is 33.6 Å². The molecule has 74 heavy (non-hydrogen) atoms. The number of likely N-dealkylation sites (N-methyl/N-ethyl adjacent to an activating group) is 1. The maximum Gasteiger partial charge on any atom is 0.410 e. The number of fused-ring (bicyclic) bond motifs is 2. The van der Waals surface area contributed by atoms with Crippen molar-refractivity contribution >= 4 is 41.5 Å². The van der Waals surface area contributed by atoms with E-state index in [4.69, 9.17) is 14.2 Å².